The molecule has 1 fully saturated rings. The SMILES string of the molecule is CC1(C)OC(CC#N)(Sc2ncccn2)C(C)(C)O/C1=C\C#N. The molecule has 1 aromatic rings. The maximum absolute atomic E-state index is 9.33. The summed E-state index contributed by atoms with van der Waals surface area (Å²) in [5.41, 5.74) is -1.70. The zero-order chi connectivity index (χ0) is 17.1. The van der Waals surface area contributed by atoms with Crippen molar-refractivity contribution >= 4 is 11.8 Å². The molecule has 0 aromatic carbocycles. The van der Waals surface area contributed by atoms with E-state index in [1.807, 2.05) is 33.8 Å². The highest BCUT2D eigenvalue weighted by Crippen LogP contribution is 2.53. The highest BCUT2D eigenvalue weighted by molar-refractivity contribution is 8.00. The zero-order valence-corrected chi connectivity index (χ0v) is 14.3. The van der Waals surface area contributed by atoms with Gasteiger partial charge in [-0.2, -0.15) is 10.5 Å². The smallest absolute Gasteiger partial charge is 0.190 e. The predicted octanol–water partition coefficient (Wildman–Crippen LogP) is 3.19. The third-order valence-corrected chi connectivity index (χ3v) is 5.04. The summed E-state index contributed by atoms with van der Waals surface area (Å²) in [5, 5.41) is 18.8. The number of allylic oxidation sites excluding steroid dienone is 1. The van der Waals surface area contributed by atoms with Crippen LogP contribution < -0.4 is 0 Å². The van der Waals surface area contributed by atoms with E-state index in [9.17, 15) is 5.26 Å². The van der Waals surface area contributed by atoms with Crippen LogP contribution in [0.4, 0.5) is 0 Å². The van der Waals surface area contributed by atoms with Crippen LogP contribution in [0, 0.1) is 22.7 Å². The minimum atomic E-state index is -1.00. The van der Waals surface area contributed by atoms with Gasteiger partial charge in [-0.1, -0.05) is 0 Å². The number of aromatic nitrogens is 2. The maximum atomic E-state index is 9.33. The molecule has 23 heavy (non-hydrogen) atoms. The van der Waals surface area contributed by atoms with Gasteiger partial charge in [-0.3, -0.25) is 0 Å². The lowest BCUT2D eigenvalue weighted by Gasteiger charge is -2.53. The van der Waals surface area contributed by atoms with E-state index >= 15 is 0 Å². The Balaban J connectivity index is 2.48. The van der Waals surface area contributed by atoms with Crippen LogP contribution in [0.2, 0.25) is 0 Å². The Kier molecular flexibility index (Phi) is 4.65. The van der Waals surface area contributed by atoms with E-state index in [0.717, 1.165) is 0 Å². The summed E-state index contributed by atoms with van der Waals surface area (Å²) in [5.74, 6) is 0.438. The van der Waals surface area contributed by atoms with Crippen molar-refractivity contribution in [3.63, 3.8) is 0 Å². The molecule has 1 aromatic heterocycles. The molecule has 1 saturated heterocycles. The molecular weight excluding hydrogens is 312 g/mol. The predicted molar refractivity (Wildman–Crippen MR) is 84.9 cm³/mol. The lowest BCUT2D eigenvalue weighted by Crippen LogP contribution is -2.60. The maximum Gasteiger partial charge on any atom is 0.190 e. The molecule has 1 atom stereocenters. The van der Waals surface area contributed by atoms with E-state index in [2.05, 4.69) is 16.0 Å². The number of hydrogen-bond donors (Lipinski definition) is 0. The molecule has 6 nitrogen and oxygen atoms in total. The first-order chi connectivity index (χ1) is 10.8. The van der Waals surface area contributed by atoms with Crippen LogP contribution in [-0.4, -0.2) is 26.1 Å². The van der Waals surface area contributed by atoms with E-state index in [4.69, 9.17) is 14.7 Å². The van der Waals surface area contributed by atoms with Gasteiger partial charge in [0, 0.05) is 12.4 Å². The van der Waals surface area contributed by atoms with Crippen LogP contribution in [0.3, 0.4) is 0 Å². The number of rotatable bonds is 3. The molecule has 1 aliphatic heterocycles. The molecule has 2 heterocycles. The van der Waals surface area contributed by atoms with Crippen LogP contribution in [0.1, 0.15) is 34.1 Å². The molecular formula is C16H18N4O2S. The second-order valence-electron chi connectivity index (χ2n) is 6.08. The van der Waals surface area contributed by atoms with Gasteiger partial charge < -0.3 is 9.47 Å². The number of nitrogens with zero attached hydrogens (tertiary/aromatic N) is 4. The van der Waals surface area contributed by atoms with Crippen LogP contribution in [-0.2, 0) is 9.47 Å². The third-order valence-electron chi connectivity index (χ3n) is 3.60. The lowest BCUT2D eigenvalue weighted by atomic mass is 9.92. The van der Waals surface area contributed by atoms with Gasteiger partial charge in [0.1, 0.15) is 17.0 Å². The second-order valence-corrected chi connectivity index (χ2v) is 7.31. The molecule has 0 radical (unpaired) electrons. The van der Waals surface area contributed by atoms with E-state index < -0.39 is 16.1 Å². The number of ether oxygens (including phenoxy) is 2. The van der Waals surface area contributed by atoms with Crippen molar-refractivity contribution in [3.8, 4) is 12.1 Å². The topological polar surface area (TPSA) is 91.8 Å². The molecule has 120 valence electrons. The molecule has 1 aliphatic rings. The van der Waals surface area contributed by atoms with Crippen LogP contribution in [0.15, 0.2) is 35.5 Å². The van der Waals surface area contributed by atoms with Crippen molar-refractivity contribution in [1.82, 2.24) is 9.97 Å². The quantitative estimate of drug-likeness (QED) is 0.620. The summed E-state index contributed by atoms with van der Waals surface area (Å²) in [7, 11) is 0. The Morgan fingerprint density at radius 3 is 2.43 bits per heavy atom. The summed E-state index contributed by atoms with van der Waals surface area (Å²) in [6, 6.07) is 5.87. The van der Waals surface area contributed by atoms with Gasteiger partial charge in [0.2, 0.25) is 0 Å². The summed E-state index contributed by atoms with van der Waals surface area (Å²) < 4.78 is 12.4. The fourth-order valence-corrected chi connectivity index (χ4v) is 3.54. The largest absolute Gasteiger partial charge is 0.484 e. The summed E-state index contributed by atoms with van der Waals surface area (Å²) in [6.07, 6.45) is 4.70. The van der Waals surface area contributed by atoms with Crippen molar-refractivity contribution < 1.29 is 9.47 Å². The van der Waals surface area contributed by atoms with Crippen molar-refractivity contribution in [2.24, 2.45) is 0 Å². The fraction of sp³-hybridized carbons (Fsp3) is 0.500. The van der Waals surface area contributed by atoms with Gasteiger partial charge in [-0.25, -0.2) is 9.97 Å². The summed E-state index contributed by atoms with van der Waals surface area (Å²) in [4.78, 5) is 7.42. The molecule has 7 heteroatoms. The molecule has 0 amide bonds. The van der Waals surface area contributed by atoms with Gasteiger partial charge in [0.05, 0.1) is 24.6 Å². The third kappa shape index (κ3) is 3.31. The first-order valence-electron chi connectivity index (χ1n) is 7.09. The van der Waals surface area contributed by atoms with Crippen LogP contribution in [0.25, 0.3) is 0 Å². The minimum Gasteiger partial charge on any atom is -0.484 e. The number of thioether (sulfide) groups is 1. The van der Waals surface area contributed by atoms with Gasteiger partial charge in [0.25, 0.3) is 0 Å². The Morgan fingerprint density at radius 2 is 1.87 bits per heavy atom. The molecule has 0 spiro atoms. The monoisotopic (exact) mass is 330 g/mol. The second kappa shape index (κ2) is 6.19. The Morgan fingerprint density at radius 1 is 1.22 bits per heavy atom. The molecule has 2 rings (SSSR count). The molecule has 0 bridgehead atoms. The summed E-state index contributed by atoms with van der Waals surface area (Å²) >= 11 is 1.26. The highest BCUT2D eigenvalue weighted by atomic mass is 32.2. The van der Waals surface area contributed by atoms with Gasteiger partial charge in [-0.15, -0.1) is 0 Å². The van der Waals surface area contributed by atoms with Crippen molar-refractivity contribution in [2.45, 2.75) is 55.4 Å². The van der Waals surface area contributed by atoms with Crippen LogP contribution >= 0.6 is 11.8 Å². The van der Waals surface area contributed by atoms with Crippen molar-refractivity contribution in [2.75, 3.05) is 0 Å². The van der Waals surface area contributed by atoms with E-state index in [-0.39, 0.29) is 6.42 Å². The standard InChI is InChI=1S/C16H18N4O2S/c1-14(2)12(6-8-17)21-15(3,4)16(22-14,7-9-18)23-13-19-10-5-11-20-13/h5-6,10-11H,7H2,1-4H3/b12-6-. The first kappa shape index (κ1) is 17.3. The number of nitriles is 2. The van der Waals surface area contributed by atoms with E-state index in [1.165, 1.54) is 17.8 Å². The highest BCUT2D eigenvalue weighted by Gasteiger charge is 2.58. The van der Waals surface area contributed by atoms with Gasteiger partial charge in [-0.05, 0) is 45.5 Å². The molecule has 0 saturated carbocycles. The Bertz CT molecular complexity index is 688. The molecule has 0 N–H and O–H groups in total. The Labute approximate surface area is 140 Å². The van der Waals surface area contributed by atoms with Crippen molar-refractivity contribution in [1.29, 1.82) is 10.5 Å². The fourth-order valence-electron chi connectivity index (χ4n) is 2.34. The van der Waals surface area contributed by atoms with Gasteiger partial charge in [0.15, 0.2) is 10.1 Å². The Hall–Kier alpha value is -2.09. The molecule has 1 unspecified atom stereocenters. The number of hydrogen-bond acceptors (Lipinski definition) is 7. The summed E-state index contributed by atoms with van der Waals surface area (Å²) in [6.45, 7) is 7.29. The van der Waals surface area contributed by atoms with Crippen molar-refractivity contribution in [3.05, 3.63) is 30.3 Å². The van der Waals surface area contributed by atoms with E-state index in [0.29, 0.717) is 10.9 Å². The van der Waals surface area contributed by atoms with E-state index in [1.54, 1.807) is 18.5 Å². The molecule has 0 aliphatic carbocycles. The minimum absolute atomic E-state index is 0.0895. The average Bonchev–Trinajstić information content (AvgIpc) is 2.46. The average molecular weight is 330 g/mol. The van der Waals surface area contributed by atoms with Crippen LogP contribution in [0.5, 0.6) is 0 Å². The van der Waals surface area contributed by atoms with Gasteiger partial charge >= 0.3 is 0 Å². The normalized spacial score (nSPS) is 26.8. The first-order valence-corrected chi connectivity index (χ1v) is 7.90. The lowest BCUT2D eigenvalue weighted by molar-refractivity contribution is -0.232. The zero-order valence-electron chi connectivity index (χ0n) is 13.5.